The molecule has 0 amide bonds. The second kappa shape index (κ2) is 22.4. The molecule has 2 nitrogen and oxygen atoms in total. The van der Waals surface area contributed by atoms with Crippen molar-refractivity contribution >= 4 is 0 Å². The third-order valence-electron chi connectivity index (χ3n) is 0. The minimum absolute atomic E-state index is 0. The summed E-state index contributed by atoms with van der Waals surface area (Å²) in [6, 6.07) is 0. The Balaban J connectivity index is -0.0000000171. The Morgan fingerprint density at radius 3 is 0.727 bits per heavy atom. The molecule has 3 heteroatoms. The monoisotopic (exact) mass is 238 g/mol. The Hall–Kier alpha value is 0.803. The predicted octanol–water partition coefficient (Wildman–Crippen LogP) is 2.60. The minimum Gasteiger partial charge on any atom is -0.870 e. The molecule has 0 radical (unpaired) electrons. The van der Waals surface area contributed by atoms with Gasteiger partial charge in [0, 0.05) is 0 Å². The molecule has 0 saturated carbocycles. The summed E-state index contributed by atoms with van der Waals surface area (Å²) in [5.41, 5.74) is 0. The first-order chi connectivity index (χ1) is 3.46. The van der Waals surface area contributed by atoms with Crippen molar-refractivity contribution in [1.29, 1.82) is 0 Å². The molecule has 0 aromatic rings. The van der Waals surface area contributed by atoms with E-state index >= 15 is 0 Å². The summed E-state index contributed by atoms with van der Waals surface area (Å²) in [7, 11) is 0. The van der Waals surface area contributed by atoms with Crippen molar-refractivity contribution in [3.05, 3.63) is 13.8 Å². The van der Waals surface area contributed by atoms with Crippen LogP contribution in [0.1, 0.15) is 27.7 Å². The van der Waals surface area contributed by atoms with Crippen LogP contribution >= 0.6 is 0 Å². The molecule has 68 valence electrons. The van der Waals surface area contributed by atoms with E-state index in [1.807, 2.05) is 0 Å². The Kier molecular flexibility index (Phi) is 60.7. The summed E-state index contributed by atoms with van der Waals surface area (Å²) in [4.78, 5) is 0. The average Bonchev–Trinajstić information content (AvgIpc) is 1.25. The van der Waals surface area contributed by atoms with Crippen molar-refractivity contribution in [2.45, 2.75) is 27.7 Å². The van der Waals surface area contributed by atoms with Gasteiger partial charge in [-0.15, -0.1) is 0 Å². The second-order valence-corrected chi connectivity index (χ2v) is 2.79. The van der Waals surface area contributed by atoms with Gasteiger partial charge in [0.25, 0.3) is 0 Å². The third kappa shape index (κ3) is 1300. The Bertz CT molecular complexity index is 27.6. The summed E-state index contributed by atoms with van der Waals surface area (Å²) in [6.07, 6.45) is 0. The largest absolute Gasteiger partial charge is 4.00 e. The van der Waals surface area contributed by atoms with Crippen molar-refractivity contribution in [1.82, 2.24) is 0 Å². The summed E-state index contributed by atoms with van der Waals surface area (Å²) < 4.78 is 0. The van der Waals surface area contributed by atoms with Crippen molar-refractivity contribution in [2.24, 2.45) is 11.8 Å². The summed E-state index contributed by atoms with van der Waals surface area (Å²) >= 11 is 0. The zero-order valence-electron chi connectivity index (χ0n) is 7.96. The van der Waals surface area contributed by atoms with E-state index in [1.54, 1.807) is 0 Å². The summed E-state index contributed by atoms with van der Waals surface area (Å²) in [5, 5.41) is 0. The average molecular weight is 239 g/mol. The van der Waals surface area contributed by atoms with Gasteiger partial charge in [0.2, 0.25) is 0 Å². The predicted molar refractivity (Wildman–Crippen MR) is 44.3 cm³/mol. The number of hydrogen-bond acceptors (Lipinski definition) is 2. The van der Waals surface area contributed by atoms with E-state index in [0.29, 0.717) is 11.8 Å². The minimum atomic E-state index is 0. The molecule has 0 fully saturated rings. The molecule has 0 spiro atoms. The smallest absolute Gasteiger partial charge is 0.870 e. The van der Waals surface area contributed by atoms with Gasteiger partial charge < -0.3 is 24.8 Å². The maximum atomic E-state index is 3.64. The van der Waals surface area contributed by atoms with Crippen LogP contribution in [-0.2, 0) is 26.2 Å². The molecule has 0 rings (SSSR count). The van der Waals surface area contributed by atoms with E-state index in [2.05, 4.69) is 41.5 Å². The molecule has 0 bridgehead atoms. The summed E-state index contributed by atoms with van der Waals surface area (Å²) in [6.45, 7) is 15.5. The van der Waals surface area contributed by atoms with Crippen LogP contribution < -0.4 is 0 Å². The molecule has 0 atom stereocenters. The molecule has 0 aromatic carbocycles. The van der Waals surface area contributed by atoms with Gasteiger partial charge in [-0.05, 0) is 0 Å². The third-order valence-corrected chi connectivity index (χ3v) is 0. The molecule has 0 aliphatic heterocycles. The van der Waals surface area contributed by atoms with Gasteiger partial charge in [0.05, 0.1) is 0 Å². The first-order valence-electron chi connectivity index (χ1n) is 3.13. The van der Waals surface area contributed by atoms with Crippen LogP contribution in [0.2, 0.25) is 0 Å². The van der Waals surface area contributed by atoms with Crippen molar-refractivity contribution in [3.8, 4) is 0 Å². The Morgan fingerprint density at radius 2 is 0.727 bits per heavy atom. The van der Waals surface area contributed by atoms with Crippen LogP contribution in [0.3, 0.4) is 0 Å². The standard InChI is InChI=1S/2C4H9.2H2O.Zr/c2*1-4(2)3;;;/h2*4H,1H2,2-3H3;2*1H2;/q2*-1;;;+4/p-2. The van der Waals surface area contributed by atoms with Gasteiger partial charge in [0.1, 0.15) is 0 Å². The molecule has 0 unspecified atom stereocenters. The quantitative estimate of drug-likeness (QED) is 0.610. The molecule has 11 heavy (non-hydrogen) atoms. The normalized spacial score (nSPS) is 6.55. The zero-order valence-corrected chi connectivity index (χ0v) is 10.4. The van der Waals surface area contributed by atoms with Crippen LogP contribution in [0.25, 0.3) is 0 Å². The van der Waals surface area contributed by atoms with Gasteiger partial charge in [0.15, 0.2) is 0 Å². The fourth-order valence-electron chi connectivity index (χ4n) is 0. The van der Waals surface area contributed by atoms with Gasteiger partial charge in [-0.3, -0.25) is 0 Å². The maximum Gasteiger partial charge on any atom is 4.00 e. The van der Waals surface area contributed by atoms with E-state index in [4.69, 9.17) is 0 Å². The van der Waals surface area contributed by atoms with Gasteiger partial charge in [-0.25, -0.2) is 0 Å². The van der Waals surface area contributed by atoms with Crippen LogP contribution in [0, 0.1) is 25.7 Å². The number of hydrogen-bond donors (Lipinski definition) is 0. The van der Waals surface area contributed by atoms with Crippen LogP contribution in [0.5, 0.6) is 0 Å². The first-order valence-corrected chi connectivity index (χ1v) is 3.13. The Labute approximate surface area is 90.5 Å². The molecule has 0 aromatic heterocycles. The van der Waals surface area contributed by atoms with E-state index in [0.717, 1.165) is 0 Å². The fraction of sp³-hybridized carbons (Fsp3) is 0.750. The molecule has 2 N–H and O–H groups in total. The molecule has 0 heterocycles. The van der Waals surface area contributed by atoms with E-state index in [9.17, 15) is 0 Å². The topological polar surface area (TPSA) is 60.0 Å². The maximum absolute atomic E-state index is 3.64. The molecule has 0 aliphatic carbocycles. The molecular weight excluding hydrogens is 219 g/mol. The van der Waals surface area contributed by atoms with Crippen LogP contribution in [0.4, 0.5) is 0 Å². The molecular formula is C8H20O2Zr. The van der Waals surface area contributed by atoms with Crippen molar-refractivity contribution in [2.75, 3.05) is 0 Å². The Morgan fingerprint density at radius 1 is 0.727 bits per heavy atom. The van der Waals surface area contributed by atoms with Crippen molar-refractivity contribution < 1.29 is 37.2 Å². The van der Waals surface area contributed by atoms with Crippen molar-refractivity contribution in [3.63, 3.8) is 0 Å². The zero-order chi connectivity index (χ0) is 7.15. The van der Waals surface area contributed by atoms with E-state index < -0.39 is 0 Å². The van der Waals surface area contributed by atoms with Crippen LogP contribution in [-0.4, -0.2) is 11.0 Å². The summed E-state index contributed by atoms with van der Waals surface area (Å²) in [5.74, 6) is 1.17. The molecule has 0 saturated heterocycles. The second-order valence-electron chi connectivity index (χ2n) is 2.79. The van der Waals surface area contributed by atoms with Gasteiger partial charge in [-0.2, -0.15) is 11.8 Å². The fourth-order valence-corrected chi connectivity index (χ4v) is 0. The molecule has 0 aliphatic rings. The van der Waals surface area contributed by atoms with E-state index in [1.165, 1.54) is 0 Å². The van der Waals surface area contributed by atoms with Crippen LogP contribution in [0.15, 0.2) is 0 Å². The number of rotatable bonds is 0. The first kappa shape index (κ1) is 29.8. The van der Waals surface area contributed by atoms with E-state index in [-0.39, 0.29) is 37.2 Å². The van der Waals surface area contributed by atoms with Gasteiger partial charge >= 0.3 is 26.2 Å². The van der Waals surface area contributed by atoms with Gasteiger partial charge in [-0.1, -0.05) is 27.7 Å². The SMILES string of the molecule is [CH2-]C(C)C.[CH2-]C(C)C.[OH-].[OH-].[Zr+4].